The van der Waals surface area contributed by atoms with E-state index in [1.165, 1.54) is 22.9 Å². The molecule has 1 aromatic heterocycles. The average Bonchev–Trinajstić information content (AvgIpc) is 3.16. The molecular weight excluding hydrogens is 462 g/mol. The number of anilines is 1. The molecule has 0 fully saturated rings. The number of halogens is 1. The van der Waals surface area contributed by atoms with Crippen LogP contribution in [0.15, 0.2) is 70.0 Å². The van der Waals surface area contributed by atoms with E-state index in [4.69, 9.17) is 28.2 Å². The first kappa shape index (κ1) is 22.3. The number of carbonyl (C=O) groups excluding carboxylic acids is 1. The summed E-state index contributed by atoms with van der Waals surface area (Å²) in [5.41, 5.74) is 5.57. The van der Waals surface area contributed by atoms with Crippen LogP contribution in [0, 0.1) is 13.8 Å². The highest BCUT2D eigenvalue weighted by Crippen LogP contribution is 2.27. The number of rotatable bonds is 5. The fourth-order valence-electron chi connectivity index (χ4n) is 3.00. The van der Waals surface area contributed by atoms with Gasteiger partial charge in [-0.2, -0.15) is 0 Å². The molecule has 4 aromatic rings. The number of benzene rings is 3. The zero-order valence-corrected chi connectivity index (χ0v) is 19.8. The monoisotopic (exact) mass is 481 g/mol. The van der Waals surface area contributed by atoms with Gasteiger partial charge in [0.1, 0.15) is 5.52 Å². The van der Waals surface area contributed by atoms with Crippen molar-refractivity contribution >= 4 is 63.4 Å². The van der Waals surface area contributed by atoms with E-state index in [1.54, 1.807) is 12.1 Å². The largest absolute Gasteiger partial charge is 0.436 e. The van der Waals surface area contributed by atoms with Crippen molar-refractivity contribution in [3.63, 3.8) is 0 Å². The third-order valence-electron chi connectivity index (χ3n) is 4.83. The first-order valence-electron chi connectivity index (χ1n) is 9.85. The lowest BCUT2D eigenvalue weighted by molar-refractivity contribution is -0.117. The van der Waals surface area contributed by atoms with Gasteiger partial charge in [0, 0.05) is 21.2 Å². The Morgan fingerprint density at radius 3 is 2.47 bits per heavy atom. The number of hydrogen-bond acceptors (Lipinski definition) is 5. The Labute approximate surface area is 200 Å². The highest BCUT2D eigenvalue weighted by molar-refractivity contribution is 8.00. The normalized spacial score (nSPS) is 10.8. The highest BCUT2D eigenvalue weighted by Gasteiger charge is 2.11. The Bertz CT molecular complexity index is 1250. The summed E-state index contributed by atoms with van der Waals surface area (Å²) in [5, 5.41) is 6.61. The molecule has 0 aliphatic rings. The van der Waals surface area contributed by atoms with Crippen molar-refractivity contribution < 1.29 is 9.21 Å². The molecule has 1 amide bonds. The number of nitrogens with zero attached hydrogens (tertiary/aromatic N) is 1. The lowest BCUT2D eigenvalue weighted by Gasteiger charge is -2.10. The second kappa shape index (κ2) is 9.73. The van der Waals surface area contributed by atoms with Crippen molar-refractivity contribution in [2.75, 3.05) is 11.1 Å². The molecule has 32 heavy (non-hydrogen) atoms. The van der Waals surface area contributed by atoms with E-state index in [0.717, 1.165) is 27.2 Å². The van der Waals surface area contributed by atoms with Gasteiger partial charge in [-0.25, -0.2) is 4.98 Å². The van der Waals surface area contributed by atoms with Gasteiger partial charge in [-0.1, -0.05) is 11.6 Å². The molecule has 0 spiro atoms. The van der Waals surface area contributed by atoms with Crippen LogP contribution in [-0.4, -0.2) is 21.8 Å². The fraction of sp³-hybridized carbons (Fsp3) is 0.125. The maximum Gasteiger partial charge on any atom is 0.236 e. The van der Waals surface area contributed by atoms with Crippen LogP contribution in [0.5, 0.6) is 0 Å². The van der Waals surface area contributed by atoms with Crippen molar-refractivity contribution in [2.45, 2.75) is 18.7 Å². The van der Waals surface area contributed by atoms with Gasteiger partial charge in [0.2, 0.25) is 11.8 Å². The van der Waals surface area contributed by atoms with Crippen molar-refractivity contribution in [1.82, 2.24) is 10.3 Å². The molecule has 4 rings (SSSR count). The first-order valence-corrected chi connectivity index (χ1v) is 11.6. The molecule has 162 valence electrons. The van der Waals surface area contributed by atoms with Gasteiger partial charge in [0.05, 0.1) is 5.75 Å². The summed E-state index contributed by atoms with van der Waals surface area (Å²) in [6.07, 6.45) is 0. The van der Waals surface area contributed by atoms with E-state index in [-0.39, 0.29) is 16.8 Å². The van der Waals surface area contributed by atoms with E-state index in [2.05, 4.69) is 29.5 Å². The lowest BCUT2D eigenvalue weighted by atomic mass is 10.1. The van der Waals surface area contributed by atoms with E-state index < -0.39 is 0 Å². The molecule has 0 atom stereocenters. The van der Waals surface area contributed by atoms with Crippen LogP contribution in [0.1, 0.15) is 11.1 Å². The molecule has 2 N–H and O–H groups in total. The van der Waals surface area contributed by atoms with Crippen molar-refractivity contribution in [3.05, 3.63) is 76.8 Å². The first-order chi connectivity index (χ1) is 15.4. The predicted octanol–water partition coefficient (Wildman–Crippen LogP) is 6.37. The number of oxazole rings is 1. The number of thioether (sulfide) groups is 1. The van der Waals surface area contributed by atoms with Crippen LogP contribution in [0.3, 0.4) is 0 Å². The second-order valence-electron chi connectivity index (χ2n) is 7.25. The summed E-state index contributed by atoms with van der Waals surface area (Å²) in [5.74, 6) is 0.627. The van der Waals surface area contributed by atoms with Crippen LogP contribution < -0.4 is 10.6 Å². The van der Waals surface area contributed by atoms with E-state index in [1.807, 2.05) is 48.5 Å². The van der Waals surface area contributed by atoms with Gasteiger partial charge in [-0.3, -0.25) is 4.79 Å². The average molecular weight is 482 g/mol. The lowest BCUT2D eigenvalue weighted by Crippen LogP contribution is -2.35. The highest BCUT2D eigenvalue weighted by atomic mass is 35.5. The van der Waals surface area contributed by atoms with Gasteiger partial charge in [-0.05, 0) is 97.9 Å². The predicted molar refractivity (Wildman–Crippen MR) is 135 cm³/mol. The summed E-state index contributed by atoms with van der Waals surface area (Å²) < 4.78 is 5.91. The summed E-state index contributed by atoms with van der Waals surface area (Å²) >= 11 is 12.5. The summed E-state index contributed by atoms with van der Waals surface area (Å²) in [6.45, 7) is 4.11. The molecule has 0 saturated carbocycles. The fourth-order valence-corrected chi connectivity index (χ4v) is 4.06. The third kappa shape index (κ3) is 5.48. The van der Waals surface area contributed by atoms with Crippen molar-refractivity contribution in [3.8, 4) is 11.5 Å². The molecule has 0 bridgehead atoms. The zero-order valence-electron chi connectivity index (χ0n) is 17.4. The number of amides is 1. The minimum Gasteiger partial charge on any atom is -0.436 e. The number of nitrogens with one attached hydrogen (secondary N) is 2. The van der Waals surface area contributed by atoms with E-state index in [9.17, 15) is 4.79 Å². The summed E-state index contributed by atoms with van der Waals surface area (Å²) in [6, 6.07) is 18.9. The Morgan fingerprint density at radius 1 is 1.06 bits per heavy atom. The number of thiocarbonyl (C=S) groups is 1. The molecule has 0 radical (unpaired) electrons. The van der Waals surface area contributed by atoms with Crippen LogP contribution in [0.25, 0.3) is 22.6 Å². The maximum atomic E-state index is 12.1. The standard InChI is InChI=1S/C24H20ClN3O2S2/c1-14-11-20-21(12-15(14)2)30-23(27-20)16-3-7-18(8-4-16)26-24(31)28-22(29)13-32-19-9-5-17(25)6-10-19/h3-12H,13H2,1-2H3,(H2,26,28,29,31). The van der Waals surface area contributed by atoms with Crippen LogP contribution >= 0.6 is 35.6 Å². The molecule has 5 nitrogen and oxygen atoms in total. The smallest absolute Gasteiger partial charge is 0.236 e. The Hall–Kier alpha value is -2.87. The van der Waals surface area contributed by atoms with E-state index >= 15 is 0 Å². The third-order valence-corrected chi connectivity index (χ3v) is 6.30. The molecule has 3 aromatic carbocycles. The van der Waals surface area contributed by atoms with Crippen molar-refractivity contribution in [1.29, 1.82) is 0 Å². The van der Waals surface area contributed by atoms with Crippen LogP contribution in [0.2, 0.25) is 5.02 Å². The van der Waals surface area contributed by atoms with Gasteiger partial charge in [0.25, 0.3) is 0 Å². The molecule has 0 aliphatic carbocycles. The molecule has 0 saturated heterocycles. The van der Waals surface area contributed by atoms with Crippen molar-refractivity contribution in [2.24, 2.45) is 0 Å². The minimum atomic E-state index is -0.184. The zero-order chi connectivity index (χ0) is 22.7. The molecule has 1 heterocycles. The van der Waals surface area contributed by atoms with Gasteiger partial charge < -0.3 is 15.1 Å². The van der Waals surface area contributed by atoms with Crippen LogP contribution in [-0.2, 0) is 4.79 Å². The SMILES string of the molecule is Cc1cc2nc(-c3ccc(NC(=S)NC(=O)CSc4ccc(Cl)cc4)cc3)oc2cc1C. The number of hydrogen-bond donors (Lipinski definition) is 2. The van der Waals surface area contributed by atoms with Gasteiger partial charge in [-0.15, -0.1) is 11.8 Å². The maximum absolute atomic E-state index is 12.1. The Kier molecular flexibility index (Phi) is 6.79. The Balaban J connectivity index is 1.33. The van der Waals surface area contributed by atoms with E-state index in [0.29, 0.717) is 10.9 Å². The number of aryl methyl sites for hydroxylation is 2. The van der Waals surface area contributed by atoms with Gasteiger partial charge in [0.15, 0.2) is 10.7 Å². The Morgan fingerprint density at radius 2 is 1.75 bits per heavy atom. The molecule has 8 heteroatoms. The number of aromatic nitrogens is 1. The minimum absolute atomic E-state index is 0.184. The molecule has 0 aliphatic heterocycles. The summed E-state index contributed by atoms with van der Waals surface area (Å²) in [7, 11) is 0. The summed E-state index contributed by atoms with van der Waals surface area (Å²) in [4.78, 5) is 17.7. The quantitative estimate of drug-likeness (QED) is 0.255. The molecular formula is C24H20ClN3O2S2. The second-order valence-corrected chi connectivity index (χ2v) is 9.14. The molecule has 0 unspecified atom stereocenters. The van der Waals surface area contributed by atoms with Gasteiger partial charge >= 0.3 is 0 Å². The topological polar surface area (TPSA) is 67.2 Å². The van der Waals surface area contributed by atoms with Crippen LogP contribution in [0.4, 0.5) is 5.69 Å². The number of fused-ring (bicyclic) bond motifs is 1. The number of carbonyl (C=O) groups is 1.